The molecule has 1 aliphatic heterocycles. The number of rotatable bonds is 1. The van der Waals surface area contributed by atoms with E-state index < -0.39 is 0 Å². The van der Waals surface area contributed by atoms with Crippen LogP contribution in [-0.2, 0) is 0 Å². The van der Waals surface area contributed by atoms with Gasteiger partial charge in [0.05, 0.1) is 23.9 Å². The second-order valence-corrected chi connectivity index (χ2v) is 4.22. The number of ether oxygens (including phenoxy) is 1. The highest BCUT2D eigenvalue weighted by Crippen LogP contribution is 2.33. The van der Waals surface area contributed by atoms with E-state index in [1.54, 1.807) is 6.07 Å². The molecular weight excluding hydrogens is 224 g/mol. The van der Waals surface area contributed by atoms with Crippen LogP contribution in [0, 0.1) is 11.3 Å². The fourth-order valence-corrected chi connectivity index (χ4v) is 2.11. The average molecular weight is 236 g/mol. The van der Waals surface area contributed by atoms with Gasteiger partial charge >= 0.3 is 0 Å². The first-order chi connectivity index (χ1) is 8.86. The number of para-hydroxylation sites is 2. The molecule has 0 spiro atoms. The molecule has 2 aromatic rings. The lowest BCUT2D eigenvalue weighted by Gasteiger charge is -2.27. The van der Waals surface area contributed by atoms with Crippen molar-refractivity contribution in [3.63, 3.8) is 0 Å². The zero-order valence-electron chi connectivity index (χ0n) is 9.76. The van der Waals surface area contributed by atoms with Gasteiger partial charge in [-0.25, -0.2) is 0 Å². The summed E-state index contributed by atoms with van der Waals surface area (Å²) in [6.45, 7) is 0.714. The van der Waals surface area contributed by atoms with E-state index in [2.05, 4.69) is 11.4 Å². The summed E-state index contributed by atoms with van der Waals surface area (Å²) in [5.74, 6) is 0.858. The van der Waals surface area contributed by atoms with Gasteiger partial charge in [-0.3, -0.25) is 0 Å². The van der Waals surface area contributed by atoms with Crippen LogP contribution in [0.3, 0.4) is 0 Å². The van der Waals surface area contributed by atoms with Gasteiger partial charge in [-0.2, -0.15) is 5.26 Å². The lowest BCUT2D eigenvalue weighted by atomic mass is 10.0. The van der Waals surface area contributed by atoms with Crippen molar-refractivity contribution in [1.82, 2.24) is 0 Å². The monoisotopic (exact) mass is 236 g/mol. The minimum atomic E-state index is -0.0480. The molecule has 18 heavy (non-hydrogen) atoms. The quantitative estimate of drug-likeness (QED) is 0.827. The number of nitrogens with zero attached hydrogens (tertiary/aromatic N) is 1. The van der Waals surface area contributed by atoms with E-state index in [1.807, 2.05) is 42.5 Å². The Morgan fingerprint density at radius 1 is 1.17 bits per heavy atom. The van der Waals surface area contributed by atoms with Crippen LogP contribution in [0.25, 0.3) is 0 Å². The summed E-state index contributed by atoms with van der Waals surface area (Å²) >= 11 is 0. The van der Waals surface area contributed by atoms with Crippen LogP contribution < -0.4 is 10.1 Å². The van der Waals surface area contributed by atoms with Crippen molar-refractivity contribution in [1.29, 1.82) is 5.26 Å². The van der Waals surface area contributed by atoms with E-state index in [-0.39, 0.29) is 6.10 Å². The maximum atomic E-state index is 8.91. The standard InChI is InChI=1S/C15H12N2O/c16-9-11-4-3-5-12(8-11)15-10-17-13-6-1-2-7-14(13)18-15/h1-8,15,17H,10H2. The third-order valence-corrected chi connectivity index (χ3v) is 3.02. The molecule has 3 rings (SSSR count). The molecule has 0 bridgehead atoms. The van der Waals surface area contributed by atoms with Crippen LogP contribution in [0.5, 0.6) is 5.75 Å². The summed E-state index contributed by atoms with van der Waals surface area (Å²) in [4.78, 5) is 0. The maximum absolute atomic E-state index is 8.91. The molecule has 0 saturated heterocycles. The molecule has 1 atom stereocenters. The third kappa shape index (κ3) is 1.89. The second kappa shape index (κ2) is 4.42. The minimum Gasteiger partial charge on any atom is -0.482 e. The minimum absolute atomic E-state index is 0.0480. The highest BCUT2D eigenvalue weighted by Gasteiger charge is 2.20. The molecule has 3 heteroatoms. The number of anilines is 1. The van der Waals surface area contributed by atoms with Gasteiger partial charge < -0.3 is 10.1 Å². The van der Waals surface area contributed by atoms with Crippen molar-refractivity contribution in [3.8, 4) is 11.8 Å². The summed E-state index contributed by atoms with van der Waals surface area (Å²) in [6.07, 6.45) is -0.0480. The molecule has 1 aliphatic rings. The highest BCUT2D eigenvalue weighted by atomic mass is 16.5. The number of fused-ring (bicyclic) bond motifs is 1. The van der Waals surface area contributed by atoms with E-state index in [4.69, 9.17) is 10.00 Å². The van der Waals surface area contributed by atoms with Crippen molar-refractivity contribution in [2.24, 2.45) is 0 Å². The van der Waals surface area contributed by atoms with Crippen LogP contribution in [0.15, 0.2) is 48.5 Å². The SMILES string of the molecule is N#Cc1cccc(C2CNc3ccccc3O2)c1. The molecular formula is C15H12N2O. The van der Waals surface area contributed by atoms with Crippen LogP contribution in [0.4, 0.5) is 5.69 Å². The lowest BCUT2D eigenvalue weighted by molar-refractivity contribution is 0.210. The van der Waals surface area contributed by atoms with Crippen LogP contribution in [-0.4, -0.2) is 6.54 Å². The molecule has 0 aliphatic carbocycles. The van der Waals surface area contributed by atoms with E-state index in [1.165, 1.54) is 0 Å². The van der Waals surface area contributed by atoms with Crippen molar-refractivity contribution in [2.45, 2.75) is 6.10 Å². The van der Waals surface area contributed by atoms with Gasteiger partial charge in [0.15, 0.2) is 0 Å². The van der Waals surface area contributed by atoms with Gasteiger partial charge in [0, 0.05) is 0 Å². The molecule has 1 N–H and O–H groups in total. The molecule has 1 heterocycles. The summed E-state index contributed by atoms with van der Waals surface area (Å²) in [5, 5.41) is 12.3. The van der Waals surface area contributed by atoms with Crippen LogP contribution in [0.2, 0.25) is 0 Å². The fourth-order valence-electron chi connectivity index (χ4n) is 2.11. The normalized spacial score (nSPS) is 16.9. The van der Waals surface area contributed by atoms with Crippen molar-refractivity contribution in [3.05, 3.63) is 59.7 Å². The zero-order valence-corrected chi connectivity index (χ0v) is 9.76. The number of nitriles is 1. The smallest absolute Gasteiger partial charge is 0.143 e. The first kappa shape index (κ1) is 10.7. The van der Waals surface area contributed by atoms with Crippen LogP contribution >= 0.6 is 0 Å². The second-order valence-electron chi connectivity index (χ2n) is 4.22. The van der Waals surface area contributed by atoms with Crippen molar-refractivity contribution < 1.29 is 4.74 Å². The Balaban J connectivity index is 1.90. The van der Waals surface area contributed by atoms with Crippen LogP contribution in [0.1, 0.15) is 17.2 Å². The van der Waals surface area contributed by atoms with E-state index in [0.29, 0.717) is 12.1 Å². The maximum Gasteiger partial charge on any atom is 0.143 e. The summed E-state index contributed by atoms with van der Waals surface area (Å²) in [6, 6.07) is 17.6. The zero-order chi connectivity index (χ0) is 12.4. The molecule has 2 aromatic carbocycles. The topological polar surface area (TPSA) is 45.0 Å². The van der Waals surface area contributed by atoms with Gasteiger partial charge in [-0.15, -0.1) is 0 Å². The van der Waals surface area contributed by atoms with Crippen molar-refractivity contribution in [2.75, 3.05) is 11.9 Å². The lowest BCUT2D eigenvalue weighted by Crippen LogP contribution is -2.23. The Morgan fingerprint density at radius 2 is 2.06 bits per heavy atom. The Morgan fingerprint density at radius 3 is 2.94 bits per heavy atom. The van der Waals surface area contributed by atoms with E-state index >= 15 is 0 Å². The Bertz CT molecular complexity index is 616. The number of hydrogen-bond donors (Lipinski definition) is 1. The van der Waals surface area contributed by atoms with Gasteiger partial charge in [0.25, 0.3) is 0 Å². The van der Waals surface area contributed by atoms with Crippen molar-refractivity contribution >= 4 is 5.69 Å². The summed E-state index contributed by atoms with van der Waals surface area (Å²) < 4.78 is 5.95. The van der Waals surface area contributed by atoms with Gasteiger partial charge in [-0.05, 0) is 29.8 Å². The van der Waals surface area contributed by atoms with E-state index in [0.717, 1.165) is 17.0 Å². The molecule has 0 radical (unpaired) electrons. The molecule has 88 valence electrons. The van der Waals surface area contributed by atoms with Gasteiger partial charge in [-0.1, -0.05) is 24.3 Å². The summed E-state index contributed by atoms with van der Waals surface area (Å²) in [5.41, 5.74) is 2.70. The largest absolute Gasteiger partial charge is 0.482 e. The average Bonchev–Trinajstić information content (AvgIpc) is 2.47. The van der Waals surface area contributed by atoms with E-state index in [9.17, 15) is 0 Å². The van der Waals surface area contributed by atoms with Gasteiger partial charge in [0.2, 0.25) is 0 Å². The van der Waals surface area contributed by atoms with Gasteiger partial charge in [0.1, 0.15) is 11.9 Å². The predicted molar refractivity (Wildman–Crippen MR) is 69.5 cm³/mol. The Hall–Kier alpha value is -2.47. The Labute approximate surface area is 106 Å². The molecule has 1 unspecified atom stereocenters. The Kier molecular flexibility index (Phi) is 2.62. The first-order valence-electron chi connectivity index (χ1n) is 5.86. The molecule has 3 nitrogen and oxygen atoms in total. The number of benzene rings is 2. The summed E-state index contributed by atoms with van der Waals surface area (Å²) in [7, 11) is 0. The molecule has 0 fully saturated rings. The highest BCUT2D eigenvalue weighted by molar-refractivity contribution is 5.58. The fraction of sp³-hybridized carbons (Fsp3) is 0.133. The third-order valence-electron chi connectivity index (χ3n) is 3.02. The molecule has 0 saturated carbocycles. The predicted octanol–water partition coefficient (Wildman–Crippen LogP) is 3.10. The molecule has 0 amide bonds. The number of nitrogens with one attached hydrogen (secondary N) is 1. The molecule has 0 aromatic heterocycles. The first-order valence-corrected chi connectivity index (χ1v) is 5.86. The number of hydrogen-bond acceptors (Lipinski definition) is 3.